The van der Waals surface area contributed by atoms with Crippen LogP contribution in [0.1, 0.15) is 44.7 Å². The number of allylic oxidation sites excluding steroid dienone is 2. The predicted octanol–water partition coefficient (Wildman–Crippen LogP) is 4.58. The van der Waals surface area contributed by atoms with Crippen LogP contribution >= 0.6 is 0 Å². The number of hydrogen-bond donors (Lipinski definition) is 0. The van der Waals surface area contributed by atoms with E-state index in [1.807, 2.05) is 20.8 Å². The number of benzene rings is 1. The summed E-state index contributed by atoms with van der Waals surface area (Å²) in [5.74, 6) is 0. The van der Waals surface area contributed by atoms with Gasteiger partial charge in [0.15, 0.2) is 0 Å². The van der Waals surface area contributed by atoms with Gasteiger partial charge in [-0.3, -0.25) is 0 Å². The number of fused-ring (bicyclic) bond motifs is 1. The first-order chi connectivity index (χ1) is 10.9. The van der Waals surface area contributed by atoms with Crippen LogP contribution in [0, 0.1) is 0 Å². The molecule has 0 bridgehead atoms. The highest BCUT2D eigenvalue weighted by molar-refractivity contribution is 5.82. The van der Waals surface area contributed by atoms with Crippen molar-refractivity contribution in [3.05, 3.63) is 53.1 Å². The summed E-state index contributed by atoms with van der Waals surface area (Å²) in [4.78, 5) is 13.9. The third-order valence-electron chi connectivity index (χ3n) is 4.28. The molecule has 2 aliphatic rings. The van der Waals surface area contributed by atoms with E-state index < -0.39 is 5.60 Å². The highest BCUT2D eigenvalue weighted by atomic mass is 16.6. The third kappa shape index (κ3) is 3.66. The van der Waals surface area contributed by atoms with E-state index in [1.54, 1.807) is 4.90 Å². The fourth-order valence-electron chi connectivity index (χ4n) is 3.19. The van der Waals surface area contributed by atoms with E-state index in [0.717, 1.165) is 25.8 Å². The molecule has 0 radical (unpaired) electrons. The molecule has 0 unspecified atom stereocenters. The Bertz CT molecular complexity index is 664. The molecule has 0 fully saturated rings. The monoisotopic (exact) mass is 311 g/mol. The number of hydrogen-bond acceptors (Lipinski definition) is 2. The van der Waals surface area contributed by atoms with Crippen molar-refractivity contribution in [2.45, 2.75) is 45.6 Å². The summed E-state index contributed by atoms with van der Waals surface area (Å²) in [5.41, 5.74) is 5.06. The molecule has 0 saturated carbocycles. The molecular weight excluding hydrogens is 286 g/mol. The Balaban J connectivity index is 1.73. The van der Waals surface area contributed by atoms with Gasteiger partial charge in [0.05, 0.1) is 0 Å². The minimum atomic E-state index is -0.439. The van der Waals surface area contributed by atoms with E-state index in [9.17, 15) is 4.79 Å². The van der Waals surface area contributed by atoms with Gasteiger partial charge in [0.2, 0.25) is 0 Å². The summed E-state index contributed by atoms with van der Waals surface area (Å²) in [5, 5.41) is 0. The molecule has 1 aliphatic heterocycles. The molecule has 0 saturated heterocycles. The predicted molar refractivity (Wildman–Crippen MR) is 93.2 cm³/mol. The summed E-state index contributed by atoms with van der Waals surface area (Å²) in [6, 6.07) is 8.65. The second-order valence-electron chi connectivity index (χ2n) is 7.22. The molecule has 1 aliphatic carbocycles. The first kappa shape index (κ1) is 15.9. The number of rotatable bonds is 1. The van der Waals surface area contributed by atoms with Crippen LogP contribution in [-0.4, -0.2) is 29.7 Å². The number of carbonyl (C=O) groups excluding carboxylic acids is 1. The van der Waals surface area contributed by atoms with E-state index in [2.05, 4.69) is 36.4 Å². The molecule has 3 nitrogen and oxygen atoms in total. The summed E-state index contributed by atoms with van der Waals surface area (Å²) < 4.78 is 5.46. The fraction of sp³-hybridized carbons (Fsp3) is 0.450. The van der Waals surface area contributed by atoms with Crippen molar-refractivity contribution >= 4 is 11.7 Å². The van der Waals surface area contributed by atoms with E-state index in [4.69, 9.17) is 4.74 Å². The number of aryl methyl sites for hydroxylation is 1. The van der Waals surface area contributed by atoms with Crippen molar-refractivity contribution in [1.82, 2.24) is 4.90 Å². The lowest BCUT2D eigenvalue weighted by Crippen LogP contribution is -2.39. The molecule has 1 heterocycles. The van der Waals surface area contributed by atoms with Crippen LogP contribution in [0.2, 0.25) is 0 Å². The van der Waals surface area contributed by atoms with Crippen LogP contribution in [0.4, 0.5) is 4.79 Å². The molecule has 3 heteroatoms. The molecule has 0 spiro atoms. The van der Waals surface area contributed by atoms with E-state index in [1.165, 1.54) is 22.3 Å². The Kier molecular flexibility index (Phi) is 4.29. The van der Waals surface area contributed by atoms with Crippen molar-refractivity contribution in [1.29, 1.82) is 0 Å². The zero-order chi connectivity index (χ0) is 16.4. The average Bonchev–Trinajstić information content (AvgIpc) is 2.53. The highest BCUT2D eigenvalue weighted by Gasteiger charge is 2.25. The van der Waals surface area contributed by atoms with Crippen LogP contribution < -0.4 is 0 Å². The average molecular weight is 311 g/mol. The summed E-state index contributed by atoms with van der Waals surface area (Å²) in [6.07, 6.45) is 7.42. The minimum Gasteiger partial charge on any atom is -0.444 e. The molecule has 0 atom stereocenters. The molecule has 0 aromatic heterocycles. The quantitative estimate of drug-likeness (QED) is 0.759. The van der Waals surface area contributed by atoms with Gasteiger partial charge in [-0.2, -0.15) is 0 Å². The molecule has 1 aromatic carbocycles. The van der Waals surface area contributed by atoms with Crippen molar-refractivity contribution in [3.63, 3.8) is 0 Å². The number of nitrogens with zero attached hydrogens (tertiary/aromatic N) is 1. The summed E-state index contributed by atoms with van der Waals surface area (Å²) >= 11 is 0. The molecule has 1 aromatic rings. The van der Waals surface area contributed by atoms with Gasteiger partial charge in [-0.05, 0) is 62.3 Å². The third-order valence-corrected chi connectivity index (χ3v) is 4.28. The summed E-state index contributed by atoms with van der Waals surface area (Å²) in [7, 11) is 0. The van der Waals surface area contributed by atoms with Crippen LogP contribution in [-0.2, 0) is 11.2 Å². The maximum Gasteiger partial charge on any atom is 0.410 e. The first-order valence-corrected chi connectivity index (χ1v) is 8.40. The van der Waals surface area contributed by atoms with Gasteiger partial charge in [0, 0.05) is 13.1 Å². The second kappa shape index (κ2) is 6.23. The smallest absolute Gasteiger partial charge is 0.410 e. The van der Waals surface area contributed by atoms with E-state index in [-0.39, 0.29) is 6.09 Å². The maximum atomic E-state index is 12.2. The number of carbonyl (C=O) groups is 1. The van der Waals surface area contributed by atoms with Crippen LogP contribution in [0.15, 0.2) is 42.0 Å². The van der Waals surface area contributed by atoms with Crippen molar-refractivity contribution in [2.24, 2.45) is 0 Å². The number of amides is 1. The lowest BCUT2D eigenvalue weighted by Gasteiger charge is -2.31. The van der Waals surface area contributed by atoms with Gasteiger partial charge >= 0.3 is 6.09 Å². The standard InChI is InChI=1S/C20H25NO2/c1-20(2,3)23-19(22)21-13-11-16(12-14-21)18-10-6-8-15-7-4-5-9-17(15)18/h4-5,7,9-11H,6,8,12-14H2,1-3H3. The first-order valence-electron chi connectivity index (χ1n) is 8.40. The zero-order valence-corrected chi connectivity index (χ0v) is 14.3. The van der Waals surface area contributed by atoms with Gasteiger partial charge in [-0.25, -0.2) is 4.79 Å². The lowest BCUT2D eigenvalue weighted by atomic mass is 9.85. The fourth-order valence-corrected chi connectivity index (χ4v) is 3.19. The van der Waals surface area contributed by atoms with Gasteiger partial charge < -0.3 is 9.64 Å². The molecular formula is C20H25NO2. The number of ether oxygens (including phenoxy) is 1. The van der Waals surface area contributed by atoms with Gasteiger partial charge in [0.25, 0.3) is 0 Å². The second-order valence-corrected chi connectivity index (χ2v) is 7.22. The molecule has 23 heavy (non-hydrogen) atoms. The van der Waals surface area contributed by atoms with Gasteiger partial charge in [-0.1, -0.05) is 36.4 Å². The maximum absolute atomic E-state index is 12.2. The van der Waals surface area contributed by atoms with Crippen molar-refractivity contribution in [2.75, 3.05) is 13.1 Å². The minimum absolute atomic E-state index is 0.217. The van der Waals surface area contributed by atoms with Crippen LogP contribution in [0.25, 0.3) is 5.57 Å². The lowest BCUT2D eigenvalue weighted by molar-refractivity contribution is 0.0267. The largest absolute Gasteiger partial charge is 0.444 e. The van der Waals surface area contributed by atoms with E-state index >= 15 is 0 Å². The highest BCUT2D eigenvalue weighted by Crippen LogP contribution is 2.34. The van der Waals surface area contributed by atoms with Crippen molar-refractivity contribution < 1.29 is 9.53 Å². The summed E-state index contributed by atoms with van der Waals surface area (Å²) in [6.45, 7) is 7.06. The SMILES string of the molecule is CC(C)(C)OC(=O)N1CC=C(C2=CCCc3ccccc32)CC1. The molecule has 122 valence electrons. The van der Waals surface area contributed by atoms with Crippen LogP contribution in [0.3, 0.4) is 0 Å². The Morgan fingerprint density at radius 3 is 2.61 bits per heavy atom. The van der Waals surface area contributed by atoms with Gasteiger partial charge in [0.1, 0.15) is 5.60 Å². The molecule has 0 N–H and O–H groups in total. The van der Waals surface area contributed by atoms with Crippen molar-refractivity contribution in [3.8, 4) is 0 Å². The Hall–Kier alpha value is -2.03. The Morgan fingerprint density at radius 1 is 1.13 bits per heavy atom. The molecule has 1 amide bonds. The Morgan fingerprint density at radius 2 is 1.91 bits per heavy atom. The van der Waals surface area contributed by atoms with Crippen LogP contribution in [0.5, 0.6) is 0 Å². The topological polar surface area (TPSA) is 29.5 Å². The zero-order valence-electron chi connectivity index (χ0n) is 14.3. The normalized spacial score (nSPS) is 18.0. The van der Waals surface area contributed by atoms with E-state index in [0.29, 0.717) is 6.54 Å². The Labute approximate surface area is 138 Å². The van der Waals surface area contributed by atoms with Gasteiger partial charge in [-0.15, -0.1) is 0 Å². The molecule has 3 rings (SSSR count).